The van der Waals surface area contributed by atoms with Gasteiger partial charge in [0.25, 0.3) is 0 Å². The quantitative estimate of drug-likeness (QED) is 0.180. The highest BCUT2D eigenvalue weighted by Crippen LogP contribution is 2.46. The van der Waals surface area contributed by atoms with Crippen LogP contribution in [0.15, 0.2) is 164 Å². The zero-order valence-electron chi connectivity index (χ0n) is 27.5. The van der Waals surface area contributed by atoms with Gasteiger partial charge in [-0.05, 0) is 121 Å². The van der Waals surface area contributed by atoms with E-state index in [4.69, 9.17) is 4.98 Å². The molecule has 7 aromatic carbocycles. The summed E-state index contributed by atoms with van der Waals surface area (Å²) in [6, 6.07) is 53.1. The van der Waals surface area contributed by atoms with Crippen LogP contribution >= 0.6 is 0 Å². The maximum absolute atomic E-state index is 4.94. The third-order valence-electron chi connectivity index (χ3n) is 10.4. The number of pyridine rings is 2. The van der Waals surface area contributed by atoms with E-state index >= 15 is 0 Å². The normalized spacial score (nSPS) is 12.6. The number of aryl methyl sites for hydroxylation is 1. The Morgan fingerprint density at radius 1 is 0.420 bits per heavy atom. The van der Waals surface area contributed by atoms with Gasteiger partial charge in [0.15, 0.2) is 0 Å². The molecule has 0 amide bonds. The van der Waals surface area contributed by atoms with Crippen molar-refractivity contribution < 1.29 is 0 Å². The van der Waals surface area contributed by atoms with Crippen molar-refractivity contribution in [3.05, 3.63) is 175 Å². The Hall–Kier alpha value is -6.38. The molecule has 0 atom stereocenters. The van der Waals surface area contributed by atoms with Crippen LogP contribution in [-0.2, 0) is 6.42 Å². The van der Waals surface area contributed by atoms with Crippen molar-refractivity contribution in [2.45, 2.75) is 12.8 Å². The molecule has 9 aromatic rings. The molecule has 0 saturated heterocycles. The largest absolute Gasteiger partial charge is 0.256 e. The molecule has 10 rings (SSSR count). The van der Waals surface area contributed by atoms with Crippen molar-refractivity contribution in [2.24, 2.45) is 0 Å². The Balaban J connectivity index is 1.19. The van der Waals surface area contributed by atoms with Crippen LogP contribution < -0.4 is 0 Å². The van der Waals surface area contributed by atoms with Crippen molar-refractivity contribution in [1.82, 2.24) is 9.97 Å². The fraction of sp³-hybridized carbons (Fsp3) is 0.0417. The predicted molar refractivity (Wildman–Crippen MR) is 211 cm³/mol. The minimum atomic E-state index is 0.917. The molecule has 50 heavy (non-hydrogen) atoms. The van der Waals surface area contributed by atoms with Crippen molar-refractivity contribution in [3.8, 4) is 44.6 Å². The summed E-state index contributed by atoms with van der Waals surface area (Å²) in [5, 5.41) is 8.63. The van der Waals surface area contributed by atoms with Crippen LogP contribution in [0.25, 0.3) is 93.9 Å². The first-order valence-electron chi connectivity index (χ1n) is 17.4. The van der Waals surface area contributed by atoms with E-state index in [2.05, 4.69) is 145 Å². The Morgan fingerprint density at radius 2 is 1.08 bits per heavy atom. The number of nitrogens with zero attached hydrogens (tertiary/aromatic N) is 2. The molecule has 1 aliphatic carbocycles. The van der Waals surface area contributed by atoms with Gasteiger partial charge in [-0.1, -0.05) is 121 Å². The van der Waals surface area contributed by atoms with E-state index in [1.807, 2.05) is 30.6 Å². The fourth-order valence-corrected chi connectivity index (χ4v) is 7.85. The van der Waals surface area contributed by atoms with Crippen LogP contribution in [-0.4, -0.2) is 9.97 Å². The zero-order chi connectivity index (χ0) is 33.0. The SMILES string of the molecule is C1=Cc2cc(-c3c4ccccc4c(-c4ccc5ccccc5c4)c4ccc(-c5ccc(-c6cnc7ccccc7c6)nc5)cc34)ccc2CC1. The summed E-state index contributed by atoms with van der Waals surface area (Å²) in [5.41, 5.74) is 12.9. The van der Waals surface area contributed by atoms with E-state index in [0.717, 1.165) is 46.1 Å². The van der Waals surface area contributed by atoms with Crippen molar-refractivity contribution in [2.75, 3.05) is 0 Å². The summed E-state index contributed by atoms with van der Waals surface area (Å²) in [4.78, 5) is 9.61. The van der Waals surface area contributed by atoms with Crippen LogP contribution in [0.4, 0.5) is 0 Å². The molecule has 2 aromatic heterocycles. The second kappa shape index (κ2) is 11.6. The van der Waals surface area contributed by atoms with Gasteiger partial charge in [0.2, 0.25) is 0 Å². The van der Waals surface area contributed by atoms with Crippen molar-refractivity contribution in [1.29, 1.82) is 0 Å². The average molecular weight is 637 g/mol. The molecule has 0 unspecified atom stereocenters. The lowest BCUT2D eigenvalue weighted by atomic mass is 9.83. The average Bonchev–Trinajstić information content (AvgIpc) is 3.19. The lowest BCUT2D eigenvalue weighted by Crippen LogP contribution is -1.96. The lowest BCUT2D eigenvalue weighted by Gasteiger charge is -2.20. The van der Waals surface area contributed by atoms with E-state index in [9.17, 15) is 0 Å². The first-order valence-corrected chi connectivity index (χ1v) is 17.4. The predicted octanol–water partition coefficient (Wildman–Crippen LogP) is 12.7. The van der Waals surface area contributed by atoms with E-state index in [1.165, 1.54) is 65.7 Å². The number of hydrogen-bond acceptors (Lipinski definition) is 2. The van der Waals surface area contributed by atoms with E-state index in [0.29, 0.717) is 0 Å². The van der Waals surface area contributed by atoms with Gasteiger partial charge in [-0.3, -0.25) is 9.97 Å². The van der Waals surface area contributed by atoms with E-state index in [-0.39, 0.29) is 0 Å². The summed E-state index contributed by atoms with van der Waals surface area (Å²) < 4.78 is 0. The van der Waals surface area contributed by atoms with Crippen molar-refractivity contribution in [3.63, 3.8) is 0 Å². The molecule has 234 valence electrons. The molecule has 0 saturated carbocycles. The molecule has 2 heteroatoms. The maximum Gasteiger partial charge on any atom is 0.0718 e. The highest BCUT2D eigenvalue weighted by molar-refractivity contribution is 6.22. The summed E-state index contributed by atoms with van der Waals surface area (Å²) in [7, 11) is 0. The molecule has 0 aliphatic heterocycles. The van der Waals surface area contributed by atoms with Gasteiger partial charge in [0, 0.05) is 28.9 Å². The summed E-state index contributed by atoms with van der Waals surface area (Å²) in [5.74, 6) is 0. The summed E-state index contributed by atoms with van der Waals surface area (Å²) >= 11 is 0. The topological polar surface area (TPSA) is 25.8 Å². The monoisotopic (exact) mass is 636 g/mol. The number of allylic oxidation sites excluding steroid dienone is 1. The molecule has 0 N–H and O–H groups in total. The van der Waals surface area contributed by atoms with Crippen LogP contribution in [0.5, 0.6) is 0 Å². The third kappa shape index (κ3) is 4.80. The van der Waals surface area contributed by atoms with Crippen LogP contribution in [0.1, 0.15) is 17.5 Å². The number of benzene rings is 7. The molecule has 1 aliphatic rings. The highest BCUT2D eigenvalue weighted by Gasteiger charge is 2.19. The number of para-hydroxylation sites is 1. The first kappa shape index (κ1) is 28.6. The minimum absolute atomic E-state index is 0.917. The zero-order valence-corrected chi connectivity index (χ0v) is 27.5. The lowest BCUT2D eigenvalue weighted by molar-refractivity contribution is 0.986. The van der Waals surface area contributed by atoms with E-state index < -0.39 is 0 Å². The number of aromatic nitrogens is 2. The molecule has 0 fully saturated rings. The smallest absolute Gasteiger partial charge is 0.0718 e. The summed E-state index contributed by atoms with van der Waals surface area (Å²) in [6.45, 7) is 0. The first-order chi connectivity index (χ1) is 24.8. The Kier molecular flexibility index (Phi) is 6.67. The third-order valence-corrected chi connectivity index (χ3v) is 10.4. The van der Waals surface area contributed by atoms with Gasteiger partial charge in [0.05, 0.1) is 11.2 Å². The fourth-order valence-electron chi connectivity index (χ4n) is 7.85. The molecular formula is C48H32N2. The standard InChI is InChI=1S/C48H32N2/c1-3-11-33-25-37(19-17-31(33)9-1)47-41-14-6-7-15-42(41)48(38-20-18-32-10-2-4-12-34(32)26-38)44-28-35(21-23-43(44)47)39-22-24-46(49-29-39)40-27-36-13-5-8-16-45(36)50-30-40/h1,3-9,11-30H,2,10H2. The number of hydrogen-bond donors (Lipinski definition) is 0. The van der Waals surface area contributed by atoms with E-state index in [1.54, 1.807) is 0 Å². The van der Waals surface area contributed by atoms with Crippen LogP contribution in [0.2, 0.25) is 0 Å². The van der Waals surface area contributed by atoms with Gasteiger partial charge < -0.3 is 0 Å². The molecular weight excluding hydrogens is 605 g/mol. The molecule has 2 heterocycles. The summed E-state index contributed by atoms with van der Waals surface area (Å²) in [6.07, 6.45) is 10.7. The minimum Gasteiger partial charge on any atom is -0.256 e. The molecule has 0 bridgehead atoms. The number of rotatable bonds is 4. The van der Waals surface area contributed by atoms with Crippen molar-refractivity contribution >= 4 is 49.3 Å². The second-order valence-corrected chi connectivity index (χ2v) is 13.3. The van der Waals surface area contributed by atoms with Gasteiger partial charge in [-0.2, -0.15) is 0 Å². The van der Waals surface area contributed by atoms with Gasteiger partial charge >= 0.3 is 0 Å². The molecule has 2 nitrogen and oxygen atoms in total. The highest BCUT2D eigenvalue weighted by atomic mass is 14.7. The Labute approximate surface area is 291 Å². The van der Waals surface area contributed by atoms with Crippen LogP contribution in [0, 0.1) is 0 Å². The molecule has 0 radical (unpaired) electrons. The van der Waals surface area contributed by atoms with Gasteiger partial charge in [-0.25, -0.2) is 0 Å². The van der Waals surface area contributed by atoms with Gasteiger partial charge in [0.1, 0.15) is 0 Å². The Bertz CT molecular complexity index is 2810. The maximum atomic E-state index is 4.94. The van der Waals surface area contributed by atoms with Crippen LogP contribution in [0.3, 0.4) is 0 Å². The number of fused-ring (bicyclic) bond motifs is 5. The molecule has 0 spiro atoms. The second-order valence-electron chi connectivity index (χ2n) is 13.3. The van der Waals surface area contributed by atoms with Gasteiger partial charge in [-0.15, -0.1) is 0 Å². The Morgan fingerprint density at radius 3 is 1.94 bits per heavy atom.